The number of amides is 1. The molecule has 1 N–H and O–H groups in total. The minimum Gasteiger partial charge on any atom is -0.334 e. The van der Waals surface area contributed by atoms with Crippen LogP contribution >= 0.6 is 0 Å². The minimum absolute atomic E-state index is 0.133. The summed E-state index contributed by atoms with van der Waals surface area (Å²) in [5.74, 6) is -0.133. The molecule has 2 rings (SSSR count). The second-order valence-corrected chi connectivity index (χ2v) is 4.67. The number of nitriles is 1. The van der Waals surface area contributed by atoms with Crippen molar-refractivity contribution in [1.82, 2.24) is 5.32 Å². The summed E-state index contributed by atoms with van der Waals surface area (Å²) >= 11 is 0. The third kappa shape index (κ3) is 2.31. The highest BCUT2D eigenvalue weighted by Crippen LogP contribution is 2.29. The Labute approximate surface area is 101 Å². The third-order valence-corrected chi connectivity index (χ3v) is 3.41. The molecule has 0 radical (unpaired) electrons. The molecule has 0 saturated heterocycles. The summed E-state index contributed by atoms with van der Waals surface area (Å²) in [6.07, 6.45) is 3.56. The molecule has 1 aliphatic carbocycles. The highest BCUT2D eigenvalue weighted by atomic mass is 16.1. The van der Waals surface area contributed by atoms with Crippen molar-refractivity contribution in [2.24, 2.45) is 0 Å². The number of nitrogens with one attached hydrogen (secondary N) is 1. The van der Waals surface area contributed by atoms with Gasteiger partial charge in [0.1, 0.15) is 5.54 Å². The first-order valence-electron chi connectivity index (χ1n) is 5.96. The standard InChI is InChI=1S/C14H16N2O/c1-11-6-2-3-7-12(11)13(17)16-14(10-15)8-4-5-9-14/h2-3,6-7H,4-5,8-9H2,1H3,(H,16,17). The van der Waals surface area contributed by atoms with Gasteiger partial charge in [-0.15, -0.1) is 0 Å². The predicted molar refractivity (Wildman–Crippen MR) is 65.5 cm³/mol. The van der Waals surface area contributed by atoms with Crippen LogP contribution in [0, 0.1) is 18.3 Å². The molecule has 88 valence electrons. The summed E-state index contributed by atoms with van der Waals surface area (Å²) in [7, 11) is 0. The van der Waals surface area contributed by atoms with Crippen molar-refractivity contribution in [2.75, 3.05) is 0 Å². The van der Waals surface area contributed by atoms with Gasteiger partial charge in [-0.05, 0) is 44.2 Å². The maximum atomic E-state index is 12.1. The van der Waals surface area contributed by atoms with Gasteiger partial charge in [-0.25, -0.2) is 0 Å². The second-order valence-electron chi connectivity index (χ2n) is 4.67. The minimum atomic E-state index is -0.640. The van der Waals surface area contributed by atoms with Crippen LogP contribution < -0.4 is 5.32 Å². The lowest BCUT2D eigenvalue weighted by Gasteiger charge is -2.22. The van der Waals surface area contributed by atoms with Crippen LogP contribution in [0.25, 0.3) is 0 Å². The van der Waals surface area contributed by atoms with Crippen LogP contribution in [0.5, 0.6) is 0 Å². The molecule has 0 atom stereocenters. The molecule has 1 fully saturated rings. The lowest BCUT2D eigenvalue weighted by molar-refractivity contribution is 0.0920. The van der Waals surface area contributed by atoms with Crippen molar-refractivity contribution in [3.63, 3.8) is 0 Å². The van der Waals surface area contributed by atoms with Gasteiger partial charge in [-0.1, -0.05) is 18.2 Å². The van der Waals surface area contributed by atoms with Gasteiger partial charge in [0.05, 0.1) is 6.07 Å². The van der Waals surface area contributed by atoms with Gasteiger partial charge in [-0.2, -0.15) is 5.26 Å². The van der Waals surface area contributed by atoms with Gasteiger partial charge < -0.3 is 5.32 Å². The highest BCUT2D eigenvalue weighted by Gasteiger charge is 2.35. The summed E-state index contributed by atoms with van der Waals surface area (Å²) < 4.78 is 0. The number of hydrogen-bond donors (Lipinski definition) is 1. The molecule has 0 unspecified atom stereocenters. The number of nitrogens with zero attached hydrogens (tertiary/aromatic N) is 1. The first kappa shape index (κ1) is 11.7. The summed E-state index contributed by atoms with van der Waals surface area (Å²) in [6, 6.07) is 9.71. The van der Waals surface area contributed by atoms with Crippen molar-refractivity contribution in [3.8, 4) is 6.07 Å². The fraction of sp³-hybridized carbons (Fsp3) is 0.429. The Morgan fingerprint density at radius 2 is 2.00 bits per heavy atom. The molecule has 0 spiro atoms. The zero-order valence-electron chi connectivity index (χ0n) is 9.99. The normalized spacial score (nSPS) is 17.4. The van der Waals surface area contributed by atoms with Gasteiger partial charge in [0.2, 0.25) is 0 Å². The fourth-order valence-electron chi connectivity index (χ4n) is 2.36. The van der Waals surface area contributed by atoms with E-state index >= 15 is 0 Å². The number of carbonyl (C=O) groups is 1. The van der Waals surface area contributed by atoms with Crippen molar-refractivity contribution < 1.29 is 4.79 Å². The fourth-order valence-corrected chi connectivity index (χ4v) is 2.36. The molecule has 0 aliphatic heterocycles. The molecule has 0 heterocycles. The molecule has 3 nitrogen and oxygen atoms in total. The maximum absolute atomic E-state index is 12.1. The lowest BCUT2D eigenvalue weighted by atomic mass is 9.98. The zero-order chi connectivity index (χ0) is 12.3. The number of hydrogen-bond acceptors (Lipinski definition) is 2. The Kier molecular flexibility index (Phi) is 3.14. The van der Waals surface area contributed by atoms with Crippen molar-refractivity contribution in [2.45, 2.75) is 38.1 Å². The molecular weight excluding hydrogens is 212 g/mol. The molecule has 1 amide bonds. The van der Waals surface area contributed by atoms with E-state index in [1.807, 2.05) is 25.1 Å². The third-order valence-electron chi connectivity index (χ3n) is 3.41. The molecule has 3 heteroatoms. The van der Waals surface area contributed by atoms with Crippen LogP contribution in [-0.2, 0) is 0 Å². The van der Waals surface area contributed by atoms with Gasteiger partial charge >= 0.3 is 0 Å². The van der Waals surface area contributed by atoms with Crippen LogP contribution in [-0.4, -0.2) is 11.4 Å². The smallest absolute Gasteiger partial charge is 0.252 e. The molecule has 0 bridgehead atoms. The van der Waals surface area contributed by atoms with Crippen molar-refractivity contribution >= 4 is 5.91 Å². The topological polar surface area (TPSA) is 52.9 Å². The van der Waals surface area contributed by atoms with Crippen molar-refractivity contribution in [3.05, 3.63) is 35.4 Å². The van der Waals surface area contributed by atoms with Crippen LogP contribution in [0.4, 0.5) is 0 Å². The van der Waals surface area contributed by atoms with E-state index in [-0.39, 0.29) is 5.91 Å². The quantitative estimate of drug-likeness (QED) is 0.845. The molecule has 1 aromatic rings. The van der Waals surface area contributed by atoms with E-state index in [1.54, 1.807) is 6.07 Å². The first-order chi connectivity index (χ1) is 8.17. The SMILES string of the molecule is Cc1ccccc1C(=O)NC1(C#N)CCCC1. The van der Waals surface area contributed by atoms with E-state index in [0.717, 1.165) is 31.2 Å². The Hall–Kier alpha value is -1.82. The van der Waals surface area contributed by atoms with E-state index < -0.39 is 5.54 Å². The molecule has 0 aromatic heterocycles. The van der Waals surface area contributed by atoms with Crippen molar-refractivity contribution in [1.29, 1.82) is 5.26 Å². The summed E-state index contributed by atoms with van der Waals surface area (Å²) in [4.78, 5) is 12.1. The van der Waals surface area contributed by atoms with Gasteiger partial charge in [0.15, 0.2) is 0 Å². The first-order valence-corrected chi connectivity index (χ1v) is 5.96. The van der Waals surface area contributed by atoms with Gasteiger partial charge in [0.25, 0.3) is 5.91 Å². The molecule has 1 saturated carbocycles. The average molecular weight is 228 g/mol. The van der Waals surface area contributed by atoms with E-state index in [0.29, 0.717) is 5.56 Å². The maximum Gasteiger partial charge on any atom is 0.252 e. The second kappa shape index (κ2) is 4.58. The Morgan fingerprint density at radius 3 is 2.59 bits per heavy atom. The number of benzene rings is 1. The molecule has 17 heavy (non-hydrogen) atoms. The predicted octanol–water partition coefficient (Wildman–Crippen LogP) is 2.56. The number of aryl methyl sites for hydroxylation is 1. The van der Waals surface area contributed by atoms with Crippen LogP contribution in [0.3, 0.4) is 0 Å². The van der Waals surface area contributed by atoms with Gasteiger partial charge in [-0.3, -0.25) is 4.79 Å². The van der Waals surface area contributed by atoms with E-state index in [9.17, 15) is 10.1 Å². The summed E-state index contributed by atoms with van der Waals surface area (Å²) in [5.41, 5.74) is 0.962. The Bertz CT molecular complexity index is 467. The van der Waals surface area contributed by atoms with E-state index in [2.05, 4.69) is 11.4 Å². The average Bonchev–Trinajstić information content (AvgIpc) is 2.79. The van der Waals surface area contributed by atoms with Crippen LogP contribution in [0.15, 0.2) is 24.3 Å². The lowest BCUT2D eigenvalue weighted by Crippen LogP contribution is -2.45. The van der Waals surface area contributed by atoms with E-state index in [1.165, 1.54) is 0 Å². The Balaban J connectivity index is 2.17. The number of carbonyl (C=O) groups excluding carboxylic acids is 1. The molecular formula is C14H16N2O. The Morgan fingerprint density at radius 1 is 1.35 bits per heavy atom. The summed E-state index contributed by atoms with van der Waals surface area (Å²) in [5, 5.41) is 12.1. The van der Waals surface area contributed by atoms with Crippen LogP contribution in [0.2, 0.25) is 0 Å². The highest BCUT2D eigenvalue weighted by molar-refractivity contribution is 5.96. The van der Waals surface area contributed by atoms with E-state index in [4.69, 9.17) is 0 Å². The molecule has 1 aliphatic rings. The monoisotopic (exact) mass is 228 g/mol. The van der Waals surface area contributed by atoms with Crippen LogP contribution in [0.1, 0.15) is 41.6 Å². The van der Waals surface area contributed by atoms with Gasteiger partial charge in [0, 0.05) is 5.56 Å². The number of rotatable bonds is 2. The zero-order valence-corrected chi connectivity index (χ0v) is 9.99. The largest absolute Gasteiger partial charge is 0.334 e. The summed E-state index contributed by atoms with van der Waals surface area (Å²) in [6.45, 7) is 1.91. The molecule has 1 aromatic carbocycles.